The fourth-order valence-corrected chi connectivity index (χ4v) is 3.91. The lowest BCUT2D eigenvalue weighted by Crippen LogP contribution is -2.36. The van der Waals surface area contributed by atoms with E-state index in [0.29, 0.717) is 17.0 Å². The highest BCUT2D eigenvalue weighted by atomic mass is 35.5. The molecule has 1 aliphatic rings. The van der Waals surface area contributed by atoms with Gasteiger partial charge in [-0.1, -0.05) is 23.7 Å². The lowest BCUT2D eigenvalue weighted by atomic mass is 10.0. The molecule has 1 N–H and O–H groups in total. The minimum absolute atomic E-state index is 0.00313. The van der Waals surface area contributed by atoms with Crippen molar-refractivity contribution in [3.63, 3.8) is 0 Å². The first-order chi connectivity index (χ1) is 10.6. The number of hydrogen-bond acceptors (Lipinski definition) is 3. The van der Waals surface area contributed by atoms with Gasteiger partial charge in [-0.3, -0.25) is 4.79 Å². The van der Waals surface area contributed by atoms with Crippen LogP contribution >= 0.6 is 22.9 Å². The third kappa shape index (κ3) is 3.35. The largest absolute Gasteiger partial charge is 0.387 e. The third-order valence-corrected chi connectivity index (χ3v) is 5.29. The van der Waals surface area contributed by atoms with E-state index < -0.39 is 6.10 Å². The molecule has 1 aromatic carbocycles. The number of benzene rings is 1. The molecule has 1 saturated heterocycles. The van der Waals surface area contributed by atoms with Gasteiger partial charge in [-0.2, -0.15) is 0 Å². The molecule has 5 heteroatoms. The molecule has 0 bridgehead atoms. The van der Waals surface area contributed by atoms with Gasteiger partial charge in [0.2, 0.25) is 0 Å². The lowest BCUT2D eigenvalue weighted by Gasteiger charge is -2.26. The Labute approximate surface area is 139 Å². The molecule has 3 nitrogen and oxygen atoms in total. The quantitative estimate of drug-likeness (QED) is 0.912. The summed E-state index contributed by atoms with van der Waals surface area (Å²) < 4.78 is 0. The summed E-state index contributed by atoms with van der Waals surface area (Å²) in [6, 6.07) is 11.0. The van der Waals surface area contributed by atoms with Gasteiger partial charge in [0.1, 0.15) is 0 Å². The fourth-order valence-electron chi connectivity index (χ4n) is 2.99. The minimum atomic E-state index is -0.502. The van der Waals surface area contributed by atoms with Crippen LogP contribution in [0.2, 0.25) is 5.02 Å². The molecule has 2 atom stereocenters. The first-order valence-corrected chi connectivity index (χ1v) is 8.69. The number of likely N-dealkylation sites (tertiary alicyclic amines) is 1. The van der Waals surface area contributed by atoms with E-state index in [9.17, 15) is 9.90 Å². The summed E-state index contributed by atoms with van der Waals surface area (Å²) in [7, 11) is 0. The van der Waals surface area contributed by atoms with Gasteiger partial charge in [-0.15, -0.1) is 11.3 Å². The van der Waals surface area contributed by atoms with E-state index in [1.165, 1.54) is 0 Å². The van der Waals surface area contributed by atoms with Gasteiger partial charge < -0.3 is 10.0 Å². The van der Waals surface area contributed by atoms with E-state index in [1.807, 2.05) is 22.4 Å². The molecule has 3 rings (SSSR count). The Bertz CT molecular complexity index is 644. The molecule has 2 heterocycles. The van der Waals surface area contributed by atoms with E-state index in [-0.39, 0.29) is 11.9 Å². The Kier molecular flexibility index (Phi) is 4.81. The first kappa shape index (κ1) is 15.5. The van der Waals surface area contributed by atoms with Crippen molar-refractivity contribution in [1.29, 1.82) is 0 Å². The van der Waals surface area contributed by atoms with Crippen LogP contribution in [0.15, 0.2) is 41.8 Å². The third-order valence-electron chi connectivity index (χ3n) is 4.08. The van der Waals surface area contributed by atoms with Crippen LogP contribution in [0.4, 0.5) is 0 Å². The van der Waals surface area contributed by atoms with Crippen molar-refractivity contribution in [2.75, 3.05) is 6.54 Å². The minimum Gasteiger partial charge on any atom is -0.387 e. The number of nitrogens with zero attached hydrogens (tertiary/aromatic N) is 1. The maximum absolute atomic E-state index is 12.7. The summed E-state index contributed by atoms with van der Waals surface area (Å²) in [5.74, 6) is 0.00313. The Morgan fingerprint density at radius 2 is 2.27 bits per heavy atom. The second-order valence-corrected chi connectivity index (χ2v) is 6.99. The molecule has 2 aromatic rings. The molecule has 22 heavy (non-hydrogen) atoms. The van der Waals surface area contributed by atoms with Gasteiger partial charge in [0.05, 0.1) is 6.10 Å². The summed E-state index contributed by atoms with van der Waals surface area (Å²) in [6.45, 7) is 0.743. The first-order valence-electron chi connectivity index (χ1n) is 7.43. The van der Waals surface area contributed by atoms with Crippen LogP contribution in [-0.2, 0) is 0 Å². The van der Waals surface area contributed by atoms with Crippen molar-refractivity contribution >= 4 is 28.8 Å². The van der Waals surface area contributed by atoms with E-state index in [1.54, 1.807) is 35.6 Å². The Morgan fingerprint density at radius 1 is 1.41 bits per heavy atom. The molecule has 0 unspecified atom stereocenters. The molecule has 0 aliphatic carbocycles. The topological polar surface area (TPSA) is 40.5 Å². The number of amides is 1. The van der Waals surface area contributed by atoms with Crippen molar-refractivity contribution in [3.05, 3.63) is 57.2 Å². The highest BCUT2D eigenvalue weighted by Crippen LogP contribution is 2.30. The van der Waals surface area contributed by atoms with E-state index in [0.717, 1.165) is 24.3 Å². The smallest absolute Gasteiger partial charge is 0.254 e. The second kappa shape index (κ2) is 6.82. The van der Waals surface area contributed by atoms with Crippen molar-refractivity contribution < 1.29 is 9.90 Å². The summed E-state index contributed by atoms with van der Waals surface area (Å²) in [6.07, 6.45) is 2.01. The molecule has 1 aromatic heterocycles. The van der Waals surface area contributed by atoms with E-state index >= 15 is 0 Å². The van der Waals surface area contributed by atoms with Crippen molar-refractivity contribution in [2.45, 2.75) is 31.4 Å². The van der Waals surface area contributed by atoms with Crippen LogP contribution in [-0.4, -0.2) is 28.5 Å². The Morgan fingerprint density at radius 3 is 3.00 bits per heavy atom. The number of carbonyl (C=O) groups excluding carboxylic acids is 1. The second-order valence-electron chi connectivity index (χ2n) is 5.57. The molecule has 1 aliphatic heterocycles. The standard InChI is InChI=1S/C17H18ClNO2S/c18-13-5-1-4-12(10-13)17(21)19-8-2-6-14(19)11-15(20)16-7-3-9-22-16/h1,3-5,7,9-10,14-15,20H,2,6,8,11H2/t14-,15-/m1/s1. The predicted octanol–water partition coefficient (Wildman–Crippen LogP) is 4.13. The van der Waals surface area contributed by atoms with Crippen LogP contribution in [0, 0.1) is 0 Å². The lowest BCUT2D eigenvalue weighted by molar-refractivity contribution is 0.0670. The van der Waals surface area contributed by atoms with E-state index in [2.05, 4.69) is 0 Å². The molecule has 1 amide bonds. The Hall–Kier alpha value is -1.36. The number of carbonyl (C=O) groups is 1. The predicted molar refractivity (Wildman–Crippen MR) is 89.4 cm³/mol. The molecule has 1 fully saturated rings. The monoisotopic (exact) mass is 335 g/mol. The fraction of sp³-hybridized carbons (Fsp3) is 0.353. The van der Waals surface area contributed by atoms with Crippen molar-refractivity contribution in [2.24, 2.45) is 0 Å². The van der Waals surface area contributed by atoms with Gasteiger partial charge in [0.25, 0.3) is 5.91 Å². The summed E-state index contributed by atoms with van der Waals surface area (Å²) in [5.41, 5.74) is 0.616. The number of halogens is 1. The van der Waals surface area contributed by atoms with Crippen LogP contribution in [0.25, 0.3) is 0 Å². The SMILES string of the molecule is O=C(c1cccc(Cl)c1)N1CCC[C@@H]1C[C@@H](O)c1cccs1. The highest BCUT2D eigenvalue weighted by Gasteiger charge is 2.31. The molecular formula is C17H18ClNO2S. The number of rotatable bonds is 4. The van der Waals surface area contributed by atoms with Gasteiger partial charge in [0.15, 0.2) is 0 Å². The average Bonchev–Trinajstić information content (AvgIpc) is 3.18. The van der Waals surface area contributed by atoms with Gasteiger partial charge in [-0.05, 0) is 48.9 Å². The van der Waals surface area contributed by atoms with Crippen LogP contribution in [0.5, 0.6) is 0 Å². The van der Waals surface area contributed by atoms with Gasteiger partial charge in [-0.25, -0.2) is 0 Å². The molecule has 116 valence electrons. The number of aliphatic hydroxyl groups excluding tert-OH is 1. The highest BCUT2D eigenvalue weighted by molar-refractivity contribution is 7.10. The van der Waals surface area contributed by atoms with Crippen molar-refractivity contribution in [1.82, 2.24) is 4.90 Å². The zero-order valence-electron chi connectivity index (χ0n) is 12.1. The Balaban J connectivity index is 1.71. The number of thiophene rings is 1. The molecule has 0 radical (unpaired) electrons. The van der Waals surface area contributed by atoms with Crippen molar-refractivity contribution in [3.8, 4) is 0 Å². The summed E-state index contributed by atoms with van der Waals surface area (Å²) in [5, 5.41) is 12.9. The van der Waals surface area contributed by atoms with Crippen LogP contribution in [0.3, 0.4) is 0 Å². The average molecular weight is 336 g/mol. The maximum atomic E-state index is 12.7. The molecule has 0 spiro atoms. The summed E-state index contributed by atoms with van der Waals surface area (Å²) in [4.78, 5) is 15.5. The van der Waals surface area contributed by atoms with Crippen LogP contribution < -0.4 is 0 Å². The van der Waals surface area contributed by atoms with E-state index in [4.69, 9.17) is 11.6 Å². The summed E-state index contributed by atoms with van der Waals surface area (Å²) >= 11 is 7.53. The molecular weight excluding hydrogens is 318 g/mol. The zero-order chi connectivity index (χ0) is 15.5. The zero-order valence-corrected chi connectivity index (χ0v) is 13.7. The van der Waals surface area contributed by atoms with Gasteiger partial charge >= 0.3 is 0 Å². The molecule has 0 saturated carbocycles. The van der Waals surface area contributed by atoms with Gasteiger partial charge in [0, 0.05) is 28.0 Å². The normalized spacial score (nSPS) is 19.4. The number of hydrogen-bond donors (Lipinski definition) is 1. The maximum Gasteiger partial charge on any atom is 0.254 e. The number of aliphatic hydroxyl groups is 1. The van der Waals surface area contributed by atoms with Crippen LogP contribution in [0.1, 0.15) is 40.6 Å².